The van der Waals surface area contributed by atoms with Gasteiger partial charge in [0.05, 0.1) is 17.5 Å². The minimum absolute atomic E-state index is 0.173. The van der Waals surface area contributed by atoms with Gasteiger partial charge in [-0.15, -0.1) is 0 Å². The van der Waals surface area contributed by atoms with Gasteiger partial charge in [0, 0.05) is 6.07 Å². The number of aromatic nitrogens is 3. The highest BCUT2D eigenvalue weighted by atomic mass is 16.5. The maximum Gasteiger partial charge on any atom is 0.251 e. The van der Waals surface area contributed by atoms with Crippen LogP contribution < -0.4 is 5.56 Å². The molecule has 0 atom stereocenters. The highest BCUT2D eigenvalue weighted by molar-refractivity contribution is 5.59. The summed E-state index contributed by atoms with van der Waals surface area (Å²) in [4.78, 5) is 17.9. The molecule has 1 N–H and O–H groups in total. The third-order valence-corrected chi connectivity index (χ3v) is 1.89. The molecule has 0 aromatic carbocycles. The van der Waals surface area contributed by atoms with Crippen LogP contribution in [0.4, 0.5) is 0 Å². The number of hydrogen-bond donors (Lipinski definition) is 1. The Kier molecular flexibility index (Phi) is 1.92. The average Bonchev–Trinajstić information content (AvgIpc) is 2.49. The van der Waals surface area contributed by atoms with Gasteiger partial charge >= 0.3 is 0 Å². The molecule has 5 nitrogen and oxygen atoms in total. The fourth-order valence-corrected chi connectivity index (χ4v) is 1.26. The van der Waals surface area contributed by atoms with E-state index in [2.05, 4.69) is 15.1 Å². The van der Waals surface area contributed by atoms with Crippen molar-refractivity contribution in [3.8, 4) is 11.3 Å². The molecule has 0 aliphatic rings. The lowest BCUT2D eigenvalue weighted by Gasteiger charge is -1.97. The number of hydrogen-bond acceptors (Lipinski definition) is 4. The van der Waals surface area contributed by atoms with Crippen LogP contribution in [-0.2, 0) is 0 Å². The zero-order chi connectivity index (χ0) is 10.1. The Morgan fingerprint density at radius 3 is 2.79 bits per heavy atom. The molecule has 0 aliphatic heterocycles. The lowest BCUT2D eigenvalue weighted by Crippen LogP contribution is -2.08. The monoisotopic (exact) mass is 191 g/mol. The first-order valence-electron chi connectivity index (χ1n) is 4.16. The van der Waals surface area contributed by atoms with Crippen molar-refractivity contribution in [2.75, 3.05) is 0 Å². The van der Waals surface area contributed by atoms with E-state index in [1.807, 2.05) is 0 Å². The van der Waals surface area contributed by atoms with Gasteiger partial charge in [0.1, 0.15) is 11.6 Å². The van der Waals surface area contributed by atoms with Gasteiger partial charge in [-0.25, -0.2) is 4.98 Å². The fourth-order valence-electron chi connectivity index (χ4n) is 1.26. The quantitative estimate of drug-likeness (QED) is 0.731. The van der Waals surface area contributed by atoms with E-state index in [4.69, 9.17) is 4.52 Å². The van der Waals surface area contributed by atoms with E-state index in [1.54, 1.807) is 20.0 Å². The first-order valence-corrected chi connectivity index (χ1v) is 4.16. The zero-order valence-corrected chi connectivity index (χ0v) is 7.87. The van der Waals surface area contributed by atoms with Crippen LogP contribution in [0.15, 0.2) is 21.6 Å². The molecule has 0 unspecified atom stereocenters. The molecule has 0 fully saturated rings. The molecule has 2 aromatic rings. The van der Waals surface area contributed by atoms with Crippen LogP contribution in [-0.4, -0.2) is 15.1 Å². The molecule has 0 saturated heterocycles. The lowest BCUT2D eigenvalue weighted by molar-refractivity contribution is 0.398. The third kappa shape index (κ3) is 1.44. The summed E-state index contributed by atoms with van der Waals surface area (Å²) >= 11 is 0. The second-order valence-corrected chi connectivity index (χ2v) is 3.01. The van der Waals surface area contributed by atoms with Crippen molar-refractivity contribution in [1.29, 1.82) is 0 Å². The Morgan fingerprint density at radius 2 is 2.21 bits per heavy atom. The highest BCUT2D eigenvalue weighted by Crippen LogP contribution is 2.18. The molecule has 0 bridgehead atoms. The second kappa shape index (κ2) is 3.10. The lowest BCUT2D eigenvalue weighted by atomic mass is 10.2. The van der Waals surface area contributed by atoms with Gasteiger partial charge in [0.15, 0.2) is 0 Å². The first-order chi connectivity index (χ1) is 6.66. The fraction of sp³-hybridized carbons (Fsp3) is 0.222. The average molecular weight is 191 g/mol. The van der Waals surface area contributed by atoms with Crippen LogP contribution in [0.3, 0.4) is 0 Å². The molecule has 0 saturated carbocycles. The smallest absolute Gasteiger partial charge is 0.251 e. The van der Waals surface area contributed by atoms with Crippen molar-refractivity contribution in [1.82, 2.24) is 15.1 Å². The molecule has 2 aromatic heterocycles. The summed E-state index contributed by atoms with van der Waals surface area (Å²) < 4.78 is 4.90. The van der Waals surface area contributed by atoms with Crippen molar-refractivity contribution in [2.45, 2.75) is 13.8 Å². The Bertz CT molecular complexity index is 513. The predicted octanol–water partition coefficient (Wildman–Crippen LogP) is 1.04. The second-order valence-electron chi connectivity index (χ2n) is 3.01. The van der Waals surface area contributed by atoms with Gasteiger partial charge in [0.25, 0.3) is 5.56 Å². The molecule has 0 radical (unpaired) electrons. The minimum Gasteiger partial charge on any atom is -0.361 e. The maximum absolute atomic E-state index is 11.2. The summed E-state index contributed by atoms with van der Waals surface area (Å²) in [5.74, 6) is 1.23. The standard InChI is InChI=1S/C9H9N3O2/c1-5-7(4-10-14-5)8-3-9(13)12-6(2)11-8/h3-4H,1-2H3,(H,11,12,13). The van der Waals surface area contributed by atoms with Gasteiger partial charge in [-0.05, 0) is 13.8 Å². The zero-order valence-electron chi connectivity index (χ0n) is 7.87. The molecule has 0 spiro atoms. The minimum atomic E-state index is -0.173. The number of aryl methyl sites for hydroxylation is 2. The van der Waals surface area contributed by atoms with Gasteiger partial charge in [0.2, 0.25) is 0 Å². The topological polar surface area (TPSA) is 71.8 Å². The van der Waals surface area contributed by atoms with Crippen LogP contribution in [0.1, 0.15) is 11.6 Å². The summed E-state index contributed by atoms with van der Waals surface area (Å²) in [6, 6.07) is 1.42. The number of nitrogens with one attached hydrogen (secondary N) is 1. The number of nitrogens with zero attached hydrogens (tertiary/aromatic N) is 2. The van der Waals surface area contributed by atoms with E-state index in [0.717, 1.165) is 5.56 Å². The molecule has 0 aliphatic carbocycles. The van der Waals surface area contributed by atoms with Crippen molar-refractivity contribution in [3.05, 3.63) is 34.2 Å². The van der Waals surface area contributed by atoms with Crippen LogP contribution in [0.2, 0.25) is 0 Å². The molecule has 72 valence electrons. The van der Waals surface area contributed by atoms with Gasteiger partial charge in [-0.3, -0.25) is 4.79 Å². The Labute approximate surface area is 79.8 Å². The summed E-state index contributed by atoms with van der Waals surface area (Å²) in [6.45, 7) is 3.51. The normalized spacial score (nSPS) is 10.4. The summed E-state index contributed by atoms with van der Waals surface area (Å²) in [5, 5.41) is 3.63. The van der Waals surface area contributed by atoms with Crippen LogP contribution in [0.25, 0.3) is 11.3 Å². The Hall–Kier alpha value is -1.91. The summed E-state index contributed by atoms with van der Waals surface area (Å²) in [7, 11) is 0. The molecule has 2 heterocycles. The van der Waals surface area contributed by atoms with Gasteiger partial charge in [-0.2, -0.15) is 0 Å². The van der Waals surface area contributed by atoms with Crippen molar-refractivity contribution >= 4 is 0 Å². The molecule has 5 heteroatoms. The molecule has 2 rings (SSSR count). The van der Waals surface area contributed by atoms with Gasteiger partial charge in [-0.1, -0.05) is 5.16 Å². The van der Waals surface area contributed by atoms with Crippen molar-refractivity contribution in [3.63, 3.8) is 0 Å². The SMILES string of the molecule is Cc1nc(-c2cnoc2C)cc(=O)[nH]1. The molecular weight excluding hydrogens is 182 g/mol. The largest absolute Gasteiger partial charge is 0.361 e. The number of rotatable bonds is 1. The number of H-pyrrole nitrogens is 1. The third-order valence-electron chi connectivity index (χ3n) is 1.89. The van der Waals surface area contributed by atoms with Crippen LogP contribution >= 0.6 is 0 Å². The summed E-state index contributed by atoms with van der Waals surface area (Å²) in [5.41, 5.74) is 1.16. The maximum atomic E-state index is 11.2. The molecule has 14 heavy (non-hydrogen) atoms. The van der Waals surface area contributed by atoms with E-state index in [9.17, 15) is 4.79 Å². The van der Waals surface area contributed by atoms with E-state index in [0.29, 0.717) is 17.3 Å². The van der Waals surface area contributed by atoms with E-state index in [1.165, 1.54) is 6.07 Å². The molecular formula is C9H9N3O2. The van der Waals surface area contributed by atoms with Crippen molar-refractivity contribution < 1.29 is 4.52 Å². The Balaban J connectivity index is 2.63. The van der Waals surface area contributed by atoms with Crippen LogP contribution in [0, 0.1) is 13.8 Å². The van der Waals surface area contributed by atoms with Crippen molar-refractivity contribution in [2.24, 2.45) is 0 Å². The Morgan fingerprint density at radius 1 is 1.43 bits per heavy atom. The molecule has 0 amide bonds. The van der Waals surface area contributed by atoms with E-state index >= 15 is 0 Å². The number of aromatic amines is 1. The predicted molar refractivity (Wildman–Crippen MR) is 49.8 cm³/mol. The van der Waals surface area contributed by atoms with Gasteiger partial charge < -0.3 is 9.51 Å². The summed E-state index contributed by atoms with van der Waals surface area (Å²) in [6.07, 6.45) is 1.55. The van der Waals surface area contributed by atoms with Crippen LogP contribution in [0.5, 0.6) is 0 Å². The highest BCUT2D eigenvalue weighted by Gasteiger charge is 2.08. The van der Waals surface area contributed by atoms with E-state index < -0.39 is 0 Å². The first kappa shape index (κ1) is 8.68. The van der Waals surface area contributed by atoms with E-state index in [-0.39, 0.29) is 5.56 Å².